The lowest BCUT2D eigenvalue weighted by Crippen LogP contribution is -2.11. The molecule has 0 N–H and O–H groups in total. The molecular weight excluding hydrogens is 558 g/mol. The minimum absolute atomic E-state index is 0.0199. The second-order valence-electron chi connectivity index (χ2n) is 11.1. The van der Waals surface area contributed by atoms with Gasteiger partial charge in [-0.15, -0.1) is 0 Å². The molecule has 9 rings (SSSR count). The van der Waals surface area contributed by atoms with Gasteiger partial charge in [0.1, 0.15) is 11.2 Å². The van der Waals surface area contributed by atoms with E-state index in [0.29, 0.717) is 38.8 Å². The van der Waals surface area contributed by atoms with Gasteiger partial charge in [0.25, 0.3) is 0 Å². The van der Waals surface area contributed by atoms with Crippen molar-refractivity contribution in [3.8, 4) is 22.3 Å². The topological polar surface area (TPSA) is 16.4 Å². The summed E-state index contributed by atoms with van der Waals surface area (Å²) in [5.74, 6) is 0. The Hall–Kier alpha value is -6.12. The fraction of sp³-hybridized carbons (Fsp3) is 0. The average molecular weight is 596 g/mol. The summed E-state index contributed by atoms with van der Waals surface area (Å²) in [6, 6.07) is 36.1. The van der Waals surface area contributed by atoms with Gasteiger partial charge in [-0.05, 0) is 69.2 Å². The van der Waals surface area contributed by atoms with Crippen LogP contribution in [0.2, 0.25) is 0 Å². The van der Waals surface area contributed by atoms with Crippen molar-refractivity contribution >= 4 is 60.5 Å². The highest BCUT2D eigenvalue weighted by molar-refractivity contribution is 6.19. The molecule has 9 aromatic rings. The lowest BCUT2D eigenvalue weighted by molar-refractivity contribution is 0.672. The molecule has 2 nitrogen and oxygen atoms in total. The molecule has 0 spiro atoms. The van der Waals surface area contributed by atoms with Crippen molar-refractivity contribution in [1.29, 1.82) is 0 Å². The zero-order valence-electron chi connectivity index (χ0n) is 32.5. The van der Waals surface area contributed by atoms with Crippen LogP contribution in [0.4, 0.5) is 17.1 Å². The van der Waals surface area contributed by atoms with Gasteiger partial charge in [-0.2, -0.15) is 0 Å². The van der Waals surface area contributed by atoms with Crippen LogP contribution in [0.3, 0.4) is 0 Å². The van der Waals surface area contributed by atoms with Gasteiger partial charge in [-0.3, -0.25) is 0 Å². The summed E-state index contributed by atoms with van der Waals surface area (Å²) >= 11 is 0. The SMILES string of the molecule is [2H]c1c([2H])c([2H])c(N(c2c([2H])c([2H])c(-c3cccc4ccccc34)c([2H])c2[2H])c2cccc3oc4c5ccccc5ccc4c23)c(-c2ccccc2)c1[2H]. The summed E-state index contributed by atoms with van der Waals surface area (Å²) in [5.41, 5.74) is 2.57. The van der Waals surface area contributed by atoms with E-state index in [1.807, 2.05) is 84.9 Å². The first kappa shape index (κ1) is 19.3. The summed E-state index contributed by atoms with van der Waals surface area (Å²) in [5, 5.41) is 4.80. The van der Waals surface area contributed by atoms with Crippen molar-refractivity contribution in [2.24, 2.45) is 0 Å². The molecule has 0 atom stereocenters. The van der Waals surface area contributed by atoms with Gasteiger partial charge >= 0.3 is 0 Å². The summed E-state index contributed by atoms with van der Waals surface area (Å²) in [6.45, 7) is 0. The third-order valence-corrected chi connectivity index (χ3v) is 8.45. The average Bonchev–Trinajstić information content (AvgIpc) is 3.60. The number of hydrogen-bond donors (Lipinski definition) is 0. The van der Waals surface area contributed by atoms with Gasteiger partial charge in [-0.1, -0.05) is 139 Å². The van der Waals surface area contributed by atoms with Crippen LogP contribution in [-0.2, 0) is 0 Å². The molecule has 0 fully saturated rings. The van der Waals surface area contributed by atoms with Crippen LogP contribution in [0.15, 0.2) is 180 Å². The fourth-order valence-corrected chi connectivity index (χ4v) is 6.36. The van der Waals surface area contributed by atoms with Crippen molar-refractivity contribution in [3.63, 3.8) is 0 Å². The molecule has 0 aliphatic carbocycles. The lowest BCUT2D eigenvalue weighted by atomic mass is 9.97. The third kappa shape index (κ3) is 4.27. The van der Waals surface area contributed by atoms with Crippen LogP contribution in [0.1, 0.15) is 11.0 Å². The van der Waals surface area contributed by atoms with Crippen molar-refractivity contribution in [3.05, 3.63) is 176 Å². The summed E-state index contributed by atoms with van der Waals surface area (Å²) in [4.78, 5) is 1.47. The first-order valence-corrected chi connectivity index (χ1v) is 15.0. The molecule has 0 saturated carbocycles. The van der Waals surface area contributed by atoms with E-state index >= 15 is 0 Å². The zero-order valence-corrected chi connectivity index (χ0v) is 24.5. The highest BCUT2D eigenvalue weighted by Crippen LogP contribution is 2.47. The van der Waals surface area contributed by atoms with Crippen LogP contribution in [-0.4, -0.2) is 0 Å². The summed E-state index contributed by atoms with van der Waals surface area (Å²) in [6.07, 6.45) is 0. The molecule has 0 unspecified atom stereocenters. The second-order valence-corrected chi connectivity index (χ2v) is 11.1. The molecule has 1 aromatic heterocycles. The van der Waals surface area contributed by atoms with Gasteiger partial charge in [0.2, 0.25) is 0 Å². The van der Waals surface area contributed by atoms with E-state index in [1.165, 1.54) is 4.90 Å². The molecular formula is C44H29NO. The van der Waals surface area contributed by atoms with E-state index in [0.717, 1.165) is 21.5 Å². The Labute approximate surface area is 278 Å². The molecule has 1 heterocycles. The number of furan rings is 1. The lowest BCUT2D eigenvalue weighted by Gasteiger charge is -2.28. The zero-order chi connectivity index (χ0) is 37.4. The van der Waals surface area contributed by atoms with Gasteiger partial charge in [0.15, 0.2) is 0 Å². The number of anilines is 3. The summed E-state index contributed by atoms with van der Waals surface area (Å²) < 4.78 is 80.9. The highest BCUT2D eigenvalue weighted by atomic mass is 16.3. The number of rotatable bonds is 5. The Morgan fingerprint density at radius 1 is 0.457 bits per heavy atom. The largest absolute Gasteiger partial charge is 0.455 e. The van der Waals surface area contributed by atoms with E-state index in [-0.39, 0.29) is 52.7 Å². The molecule has 2 heteroatoms. The van der Waals surface area contributed by atoms with E-state index in [1.54, 1.807) is 42.5 Å². The maximum Gasteiger partial charge on any atom is 0.143 e. The van der Waals surface area contributed by atoms with Crippen molar-refractivity contribution < 1.29 is 15.4 Å². The van der Waals surface area contributed by atoms with Crippen LogP contribution in [0, 0.1) is 0 Å². The Morgan fingerprint density at radius 2 is 1.15 bits per heavy atom. The van der Waals surface area contributed by atoms with E-state index in [2.05, 4.69) is 0 Å². The maximum absolute atomic E-state index is 9.65. The predicted octanol–water partition coefficient (Wildman–Crippen LogP) is 12.7. The minimum atomic E-state index is -0.502. The Bertz CT molecular complexity index is 2960. The molecule has 8 aromatic carbocycles. The van der Waals surface area contributed by atoms with Crippen LogP contribution in [0.5, 0.6) is 0 Å². The first-order chi connectivity index (χ1) is 26.2. The minimum Gasteiger partial charge on any atom is -0.455 e. The molecule has 46 heavy (non-hydrogen) atoms. The maximum atomic E-state index is 9.65. The predicted molar refractivity (Wildman–Crippen MR) is 194 cm³/mol. The van der Waals surface area contributed by atoms with Crippen LogP contribution >= 0.6 is 0 Å². The number of nitrogens with zero attached hydrogens (tertiary/aromatic N) is 1. The molecule has 0 aliphatic heterocycles. The molecule has 0 saturated heterocycles. The smallest absolute Gasteiger partial charge is 0.143 e. The van der Waals surface area contributed by atoms with E-state index in [9.17, 15) is 8.22 Å². The highest BCUT2D eigenvalue weighted by Gasteiger charge is 2.22. The first-order valence-electron chi connectivity index (χ1n) is 19.0. The molecule has 0 aliphatic rings. The van der Waals surface area contributed by atoms with Gasteiger partial charge in [-0.25, -0.2) is 0 Å². The Balaban J connectivity index is 1.45. The van der Waals surface area contributed by atoms with Gasteiger partial charge in [0.05, 0.1) is 27.7 Å². The number of benzene rings is 8. The van der Waals surface area contributed by atoms with E-state index in [4.69, 9.17) is 7.16 Å². The number of hydrogen-bond acceptors (Lipinski definition) is 2. The third-order valence-electron chi connectivity index (χ3n) is 8.45. The molecule has 0 amide bonds. The van der Waals surface area contributed by atoms with Crippen LogP contribution < -0.4 is 4.90 Å². The van der Waals surface area contributed by atoms with Crippen molar-refractivity contribution in [2.75, 3.05) is 4.90 Å². The number of para-hydroxylation sites is 1. The molecule has 0 radical (unpaired) electrons. The Kier molecular flexibility index (Phi) is 4.53. The molecule has 216 valence electrons. The van der Waals surface area contributed by atoms with Crippen molar-refractivity contribution in [1.82, 2.24) is 0 Å². The molecule has 0 bridgehead atoms. The fourth-order valence-electron chi connectivity index (χ4n) is 6.36. The van der Waals surface area contributed by atoms with Crippen molar-refractivity contribution in [2.45, 2.75) is 0 Å². The van der Waals surface area contributed by atoms with Crippen LogP contribution in [0.25, 0.3) is 65.7 Å². The number of fused-ring (bicyclic) bond motifs is 6. The van der Waals surface area contributed by atoms with Gasteiger partial charge in [0, 0.05) is 22.0 Å². The second kappa shape index (κ2) is 10.8. The Morgan fingerprint density at radius 3 is 2.00 bits per heavy atom. The summed E-state index contributed by atoms with van der Waals surface area (Å²) in [7, 11) is 0. The standard InChI is InChI=1S/C44H29NO/c1-2-12-31(13-3-1)37-18-8-9-21-40(37)45(34-27-24-33(25-28-34)36-20-10-16-30-14-4-6-17-35(30)36)41-22-11-23-42-43(41)39-29-26-32-15-5-7-19-38(32)44(39)46-42/h1-29H/i8D,9D,18D,21D,24D,25D,27D,28D. The quantitative estimate of drug-likeness (QED) is 0.197. The normalized spacial score (nSPS) is 13.9. The van der Waals surface area contributed by atoms with Gasteiger partial charge < -0.3 is 9.32 Å². The monoisotopic (exact) mass is 595 g/mol. The van der Waals surface area contributed by atoms with E-state index < -0.39 is 18.1 Å².